The van der Waals surface area contributed by atoms with Gasteiger partial charge in [0.05, 0.1) is 12.2 Å². The molecule has 1 aliphatic rings. The standard InChI is InChI=1S/C20H27FN4O/c1-14(2)24-10-8-16(9-11-24)20(26)23-15(3)17-12-22-25(13-17)19-7-5-4-6-18(19)21/h4-7,12-16H,8-11H2,1-3H3,(H,23,26). The van der Waals surface area contributed by atoms with Crippen LogP contribution < -0.4 is 5.32 Å². The van der Waals surface area contributed by atoms with E-state index in [0.29, 0.717) is 11.7 Å². The number of hydrogen-bond acceptors (Lipinski definition) is 3. The molecule has 0 spiro atoms. The van der Waals surface area contributed by atoms with Gasteiger partial charge in [0.2, 0.25) is 5.91 Å². The summed E-state index contributed by atoms with van der Waals surface area (Å²) in [5, 5.41) is 7.32. The van der Waals surface area contributed by atoms with Crippen molar-refractivity contribution >= 4 is 5.91 Å². The minimum Gasteiger partial charge on any atom is -0.349 e. The number of rotatable bonds is 5. The van der Waals surface area contributed by atoms with Crippen LogP contribution in [0, 0.1) is 11.7 Å². The van der Waals surface area contributed by atoms with E-state index in [1.54, 1.807) is 30.6 Å². The van der Waals surface area contributed by atoms with E-state index in [-0.39, 0.29) is 23.7 Å². The molecular formula is C20H27FN4O. The third kappa shape index (κ3) is 4.12. The maximum Gasteiger partial charge on any atom is 0.223 e. The topological polar surface area (TPSA) is 50.2 Å². The van der Waals surface area contributed by atoms with Gasteiger partial charge in [-0.25, -0.2) is 9.07 Å². The van der Waals surface area contributed by atoms with Crippen LogP contribution >= 0.6 is 0 Å². The van der Waals surface area contributed by atoms with Gasteiger partial charge in [0.1, 0.15) is 11.5 Å². The van der Waals surface area contributed by atoms with Crippen molar-refractivity contribution in [1.82, 2.24) is 20.0 Å². The van der Waals surface area contributed by atoms with Crippen LogP contribution in [0.25, 0.3) is 5.69 Å². The lowest BCUT2D eigenvalue weighted by molar-refractivity contribution is -0.127. The van der Waals surface area contributed by atoms with E-state index in [2.05, 4.69) is 29.2 Å². The highest BCUT2D eigenvalue weighted by Crippen LogP contribution is 2.21. The smallest absolute Gasteiger partial charge is 0.223 e. The zero-order valence-electron chi connectivity index (χ0n) is 15.7. The number of piperidine rings is 1. The second-order valence-corrected chi connectivity index (χ2v) is 7.30. The van der Waals surface area contributed by atoms with Gasteiger partial charge in [0, 0.05) is 23.7 Å². The molecule has 1 N–H and O–H groups in total. The Balaban J connectivity index is 1.60. The molecule has 0 saturated carbocycles. The van der Waals surface area contributed by atoms with E-state index in [1.165, 1.54) is 10.7 Å². The Labute approximate surface area is 154 Å². The quantitative estimate of drug-likeness (QED) is 0.892. The van der Waals surface area contributed by atoms with Gasteiger partial charge in [-0.05, 0) is 58.8 Å². The van der Waals surface area contributed by atoms with Gasteiger partial charge in [-0.15, -0.1) is 0 Å². The van der Waals surface area contributed by atoms with Gasteiger partial charge in [-0.1, -0.05) is 12.1 Å². The molecule has 1 fully saturated rings. The average Bonchev–Trinajstić information content (AvgIpc) is 3.12. The number of aromatic nitrogens is 2. The van der Waals surface area contributed by atoms with Crippen LogP contribution in [0.5, 0.6) is 0 Å². The molecule has 0 aliphatic carbocycles. The SMILES string of the molecule is CC(NC(=O)C1CCN(C(C)C)CC1)c1cnn(-c2ccccc2F)c1. The summed E-state index contributed by atoms with van der Waals surface area (Å²) in [6.45, 7) is 8.25. The maximum absolute atomic E-state index is 13.9. The molecule has 5 nitrogen and oxygen atoms in total. The zero-order chi connectivity index (χ0) is 18.7. The highest BCUT2D eigenvalue weighted by Gasteiger charge is 2.27. The summed E-state index contributed by atoms with van der Waals surface area (Å²) >= 11 is 0. The Morgan fingerprint density at radius 3 is 2.58 bits per heavy atom. The molecule has 1 saturated heterocycles. The van der Waals surface area contributed by atoms with Crippen molar-refractivity contribution in [2.45, 2.75) is 45.7 Å². The lowest BCUT2D eigenvalue weighted by Crippen LogP contribution is -2.43. The number of halogens is 1. The first-order valence-electron chi connectivity index (χ1n) is 9.29. The third-order valence-electron chi connectivity index (χ3n) is 5.19. The Kier molecular flexibility index (Phi) is 5.71. The van der Waals surface area contributed by atoms with E-state index in [0.717, 1.165) is 31.5 Å². The molecule has 0 radical (unpaired) electrons. The summed E-state index contributed by atoms with van der Waals surface area (Å²) in [5.74, 6) is -0.163. The van der Waals surface area contributed by atoms with E-state index in [9.17, 15) is 9.18 Å². The number of benzene rings is 1. The molecule has 26 heavy (non-hydrogen) atoms. The second-order valence-electron chi connectivity index (χ2n) is 7.30. The number of nitrogens with one attached hydrogen (secondary N) is 1. The van der Waals surface area contributed by atoms with E-state index in [1.807, 2.05) is 6.92 Å². The number of amides is 1. The van der Waals surface area contributed by atoms with E-state index < -0.39 is 0 Å². The summed E-state index contributed by atoms with van der Waals surface area (Å²) < 4.78 is 15.4. The molecule has 6 heteroatoms. The molecule has 1 amide bonds. The number of para-hydroxylation sites is 1. The third-order valence-corrected chi connectivity index (χ3v) is 5.19. The molecule has 3 rings (SSSR count). The van der Waals surface area contributed by atoms with Crippen molar-refractivity contribution in [3.8, 4) is 5.69 Å². The zero-order valence-corrected chi connectivity index (χ0v) is 15.7. The van der Waals surface area contributed by atoms with Crippen molar-refractivity contribution in [3.63, 3.8) is 0 Å². The van der Waals surface area contributed by atoms with Crippen LogP contribution in [0.3, 0.4) is 0 Å². The Morgan fingerprint density at radius 1 is 1.23 bits per heavy atom. The predicted octanol–water partition coefficient (Wildman–Crippen LogP) is 3.31. The molecule has 0 bridgehead atoms. The Hall–Kier alpha value is -2.21. The maximum atomic E-state index is 13.9. The monoisotopic (exact) mass is 358 g/mol. The Bertz CT molecular complexity index is 750. The van der Waals surface area contributed by atoms with Crippen LogP contribution in [0.15, 0.2) is 36.7 Å². The van der Waals surface area contributed by atoms with Crippen molar-refractivity contribution in [1.29, 1.82) is 0 Å². The largest absolute Gasteiger partial charge is 0.349 e. The van der Waals surface area contributed by atoms with E-state index in [4.69, 9.17) is 0 Å². The van der Waals surface area contributed by atoms with Gasteiger partial charge >= 0.3 is 0 Å². The minimum atomic E-state index is -0.323. The highest BCUT2D eigenvalue weighted by molar-refractivity contribution is 5.79. The molecular weight excluding hydrogens is 331 g/mol. The van der Waals surface area contributed by atoms with Crippen molar-refractivity contribution in [3.05, 3.63) is 48.0 Å². The van der Waals surface area contributed by atoms with Gasteiger partial charge in [-0.3, -0.25) is 4.79 Å². The molecule has 1 aliphatic heterocycles. The summed E-state index contributed by atoms with van der Waals surface area (Å²) in [6, 6.07) is 6.88. The average molecular weight is 358 g/mol. The number of nitrogens with zero attached hydrogens (tertiary/aromatic N) is 3. The fourth-order valence-corrected chi connectivity index (χ4v) is 3.42. The normalized spacial score (nSPS) is 17.4. The fraction of sp³-hybridized carbons (Fsp3) is 0.500. The minimum absolute atomic E-state index is 0.0639. The second kappa shape index (κ2) is 7.99. The number of carbonyl (C=O) groups excluding carboxylic acids is 1. The van der Waals surface area contributed by atoms with Crippen molar-refractivity contribution in [2.24, 2.45) is 5.92 Å². The first-order chi connectivity index (χ1) is 12.5. The number of hydrogen-bond donors (Lipinski definition) is 1. The van der Waals surface area contributed by atoms with Crippen LogP contribution in [0.4, 0.5) is 4.39 Å². The Morgan fingerprint density at radius 2 is 1.92 bits per heavy atom. The first kappa shape index (κ1) is 18.6. The lowest BCUT2D eigenvalue weighted by atomic mass is 9.94. The molecule has 1 unspecified atom stereocenters. The molecule has 1 aromatic heterocycles. The van der Waals surface area contributed by atoms with Gasteiger partial charge in [-0.2, -0.15) is 5.10 Å². The van der Waals surface area contributed by atoms with Gasteiger partial charge in [0.15, 0.2) is 0 Å². The molecule has 2 aromatic rings. The summed E-state index contributed by atoms with van der Waals surface area (Å²) in [4.78, 5) is 15.0. The lowest BCUT2D eigenvalue weighted by Gasteiger charge is -2.34. The summed E-state index contributed by atoms with van der Waals surface area (Å²) in [7, 11) is 0. The summed E-state index contributed by atoms with van der Waals surface area (Å²) in [5.41, 5.74) is 1.26. The van der Waals surface area contributed by atoms with Gasteiger partial charge < -0.3 is 10.2 Å². The predicted molar refractivity (Wildman–Crippen MR) is 99.5 cm³/mol. The molecule has 1 aromatic carbocycles. The highest BCUT2D eigenvalue weighted by atomic mass is 19.1. The van der Waals surface area contributed by atoms with Crippen LogP contribution in [0.2, 0.25) is 0 Å². The van der Waals surface area contributed by atoms with E-state index >= 15 is 0 Å². The van der Waals surface area contributed by atoms with Crippen molar-refractivity contribution < 1.29 is 9.18 Å². The fourth-order valence-electron chi connectivity index (χ4n) is 3.42. The van der Waals surface area contributed by atoms with Crippen LogP contribution in [0.1, 0.15) is 45.2 Å². The van der Waals surface area contributed by atoms with Crippen molar-refractivity contribution in [2.75, 3.05) is 13.1 Å². The molecule has 140 valence electrons. The number of carbonyl (C=O) groups is 1. The van der Waals surface area contributed by atoms with Crippen LogP contribution in [-0.4, -0.2) is 39.7 Å². The molecule has 1 atom stereocenters. The molecule has 2 heterocycles. The van der Waals surface area contributed by atoms with Crippen LogP contribution in [-0.2, 0) is 4.79 Å². The summed E-state index contributed by atoms with van der Waals surface area (Å²) in [6.07, 6.45) is 5.24. The number of likely N-dealkylation sites (tertiary alicyclic amines) is 1. The first-order valence-corrected chi connectivity index (χ1v) is 9.29. The van der Waals surface area contributed by atoms with Gasteiger partial charge in [0.25, 0.3) is 0 Å².